The summed E-state index contributed by atoms with van der Waals surface area (Å²) in [5.74, 6) is -0.768. The lowest BCUT2D eigenvalue weighted by Crippen LogP contribution is -2.19. The Morgan fingerprint density at radius 2 is 2.17 bits per heavy atom. The Bertz CT molecular complexity index is 267. The van der Waals surface area contributed by atoms with Gasteiger partial charge in [-0.3, -0.25) is 9.59 Å². The van der Waals surface area contributed by atoms with Crippen molar-refractivity contribution in [3.63, 3.8) is 0 Å². The number of nitrogens with zero attached hydrogens (tertiary/aromatic N) is 1. The quantitative estimate of drug-likeness (QED) is 0.348. The molecule has 1 saturated heterocycles. The minimum absolute atomic E-state index is 0.0417. The number of carbonyl (C=O) groups excluding carboxylic acids is 2. The maximum absolute atomic E-state index is 11.2. The Morgan fingerprint density at radius 3 is 2.50 bits per heavy atom. The number of likely N-dealkylation sites (tertiary alicyclic amines) is 1. The molecular weight excluding hydrogens is 158 g/mol. The van der Waals surface area contributed by atoms with Crippen molar-refractivity contribution in [1.82, 2.24) is 4.90 Å². The van der Waals surface area contributed by atoms with Gasteiger partial charge in [-0.1, -0.05) is 6.92 Å². The first-order valence-corrected chi connectivity index (χ1v) is 3.78. The first kappa shape index (κ1) is 8.77. The Labute approximate surface area is 70.5 Å². The highest BCUT2D eigenvalue weighted by molar-refractivity contribution is 6.25. The molecule has 0 aromatic heterocycles. The normalized spacial score (nSPS) is 22.0. The van der Waals surface area contributed by atoms with E-state index in [2.05, 4.69) is 0 Å². The summed E-state index contributed by atoms with van der Waals surface area (Å²) < 4.78 is 0. The van der Waals surface area contributed by atoms with Gasteiger partial charge in [0.15, 0.2) is 5.78 Å². The smallest absolute Gasteiger partial charge is 0.261 e. The second-order valence-corrected chi connectivity index (χ2v) is 2.76. The molecular formula is C8H11NO3. The van der Waals surface area contributed by atoms with Crippen molar-refractivity contribution in [1.29, 1.82) is 0 Å². The summed E-state index contributed by atoms with van der Waals surface area (Å²) in [5, 5.41) is 9.23. The lowest BCUT2D eigenvalue weighted by Gasteiger charge is -2.03. The molecule has 1 aliphatic rings. The van der Waals surface area contributed by atoms with Gasteiger partial charge >= 0.3 is 0 Å². The molecule has 0 unspecified atom stereocenters. The molecule has 12 heavy (non-hydrogen) atoms. The standard InChI is InChI=1S/C8H11NO3/c1-3-5(10)7-6(11)4-9(2)8(7)12/h10H,3-4H2,1-2H3/b7-5+. The summed E-state index contributed by atoms with van der Waals surface area (Å²) in [6.07, 6.45) is 0.320. The third-order valence-electron chi connectivity index (χ3n) is 1.84. The number of aliphatic hydroxyl groups excluding tert-OH is 1. The molecule has 0 spiro atoms. The number of ketones is 1. The number of hydrogen-bond donors (Lipinski definition) is 1. The number of amides is 1. The number of Topliss-reactive ketones (excluding diaryl/α,β-unsaturated/α-hetero) is 1. The molecule has 1 heterocycles. The van der Waals surface area contributed by atoms with E-state index in [1.165, 1.54) is 11.9 Å². The van der Waals surface area contributed by atoms with E-state index in [0.29, 0.717) is 6.42 Å². The highest BCUT2D eigenvalue weighted by atomic mass is 16.3. The van der Waals surface area contributed by atoms with Crippen molar-refractivity contribution in [2.45, 2.75) is 13.3 Å². The van der Waals surface area contributed by atoms with Crippen LogP contribution < -0.4 is 0 Å². The minimum atomic E-state index is -0.376. The van der Waals surface area contributed by atoms with Crippen LogP contribution in [0.2, 0.25) is 0 Å². The molecule has 0 aromatic rings. The van der Waals surface area contributed by atoms with Gasteiger partial charge in [0.05, 0.1) is 6.54 Å². The molecule has 0 aliphatic carbocycles. The van der Waals surface area contributed by atoms with E-state index in [9.17, 15) is 14.7 Å². The predicted octanol–water partition coefficient (Wildman–Crippen LogP) is 0.250. The third-order valence-corrected chi connectivity index (χ3v) is 1.84. The lowest BCUT2D eigenvalue weighted by molar-refractivity contribution is -0.123. The van der Waals surface area contributed by atoms with E-state index in [0.717, 1.165) is 0 Å². The van der Waals surface area contributed by atoms with Gasteiger partial charge in [-0.2, -0.15) is 0 Å². The van der Waals surface area contributed by atoms with Gasteiger partial charge in [-0.05, 0) is 0 Å². The molecule has 1 amide bonds. The van der Waals surface area contributed by atoms with Crippen LogP contribution in [0.5, 0.6) is 0 Å². The van der Waals surface area contributed by atoms with Crippen LogP contribution >= 0.6 is 0 Å². The van der Waals surface area contributed by atoms with Gasteiger partial charge in [0.25, 0.3) is 5.91 Å². The van der Waals surface area contributed by atoms with E-state index in [1.54, 1.807) is 6.92 Å². The summed E-state index contributed by atoms with van der Waals surface area (Å²) in [5.41, 5.74) is -0.0417. The number of aliphatic hydroxyl groups is 1. The van der Waals surface area contributed by atoms with E-state index < -0.39 is 0 Å². The minimum Gasteiger partial charge on any atom is -0.511 e. The molecule has 4 nitrogen and oxygen atoms in total. The fourth-order valence-electron chi connectivity index (χ4n) is 1.14. The van der Waals surface area contributed by atoms with Crippen LogP contribution in [0, 0.1) is 0 Å². The molecule has 1 aliphatic heterocycles. The summed E-state index contributed by atoms with van der Waals surface area (Å²) in [7, 11) is 1.54. The van der Waals surface area contributed by atoms with Crippen molar-refractivity contribution in [2.75, 3.05) is 13.6 Å². The van der Waals surface area contributed by atoms with Gasteiger partial charge in [0, 0.05) is 13.5 Å². The third kappa shape index (κ3) is 1.20. The maximum Gasteiger partial charge on any atom is 0.261 e. The molecule has 0 saturated carbocycles. The molecule has 1 N–H and O–H groups in total. The summed E-state index contributed by atoms with van der Waals surface area (Å²) >= 11 is 0. The molecule has 0 atom stereocenters. The largest absolute Gasteiger partial charge is 0.511 e. The second kappa shape index (κ2) is 2.97. The average molecular weight is 169 g/mol. The van der Waals surface area contributed by atoms with Crippen LogP contribution in [0.1, 0.15) is 13.3 Å². The fourth-order valence-corrected chi connectivity index (χ4v) is 1.14. The Hall–Kier alpha value is -1.32. The molecule has 66 valence electrons. The Morgan fingerprint density at radius 1 is 1.58 bits per heavy atom. The molecule has 0 aromatic carbocycles. The van der Waals surface area contributed by atoms with Gasteiger partial charge in [-0.15, -0.1) is 0 Å². The highest BCUT2D eigenvalue weighted by Crippen LogP contribution is 2.16. The molecule has 1 rings (SSSR count). The average Bonchev–Trinajstić information content (AvgIpc) is 2.26. The number of rotatable bonds is 1. The predicted molar refractivity (Wildman–Crippen MR) is 42.6 cm³/mol. The Balaban J connectivity index is 3.06. The lowest BCUT2D eigenvalue weighted by atomic mass is 10.1. The highest BCUT2D eigenvalue weighted by Gasteiger charge is 2.33. The van der Waals surface area contributed by atoms with Crippen molar-refractivity contribution in [2.24, 2.45) is 0 Å². The van der Waals surface area contributed by atoms with E-state index in [4.69, 9.17) is 0 Å². The van der Waals surface area contributed by atoms with Crippen LogP contribution in [-0.4, -0.2) is 35.3 Å². The molecule has 0 bridgehead atoms. The van der Waals surface area contributed by atoms with Gasteiger partial charge in [-0.25, -0.2) is 0 Å². The summed E-state index contributed by atoms with van der Waals surface area (Å²) in [6, 6.07) is 0. The van der Waals surface area contributed by atoms with Crippen molar-refractivity contribution >= 4 is 11.7 Å². The van der Waals surface area contributed by atoms with Crippen LogP contribution in [0.25, 0.3) is 0 Å². The van der Waals surface area contributed by atoms with Gasteiger partial charge in [0.2, 0.25) is 0 Å². The number of allylic oxidation sites excluding steroid dienone is 1. The second-order valence-electron chi connectivity index (χ2n) is 2.76. The van der Waals surface area contributed by atoms with E-state index in [-0.39, 0.29) is 29.6 Å². The van der Waals surface area contributed by atoms with Crippen LogP contribution in [0.3, 0.4) is 0 Å². The van der Waals surface area contributed by atoms with Crippen molar-refractivity contribution in [3.05, 3.63) is 11.3 Å². The zero-order valence-electron chi connectivity index (χ0n) is 7.13. The van der Waals surface area contributed by atoms with Crippen LogP contribution in [-0.2, 0) is 9.59 Å². The summed E-state index contributed by atoms with van der Waals surface area (Å²) in [6.45, 7) is 1.78. The maximum atomic E-state index is 11.2. The molecule has 4 heteroatoms. The Kier molecular flexibility index (Phi) is 2.17. The molecule has 0 radical (unpaired) electrons. The van der Waals surface area contributed by atoms with Gasteiger partial charge < -0.3 is 10.0 Å². The SMILES string of the molecule is CC/C(O)=C1/C(=O)CN(C)C1=O. The zero-order valence-corrected chi connectivity index (χ0v) is 7.13. The van der Waals surface area contributed by atoms with E-state index in [1.807, 2.05) is 0 Å². The van der Waals surface area contributed by atoms with E-state index >= 15 is 0 Å². The van der Waals surface area contributed by atoms with Crippen molar-refractivity contribution in [3.8, 4) is 0 Å². The number of likely N-dealkylation sites (N-methyl/N-ethyl adjacent to an activating group) is 1. The van der Waals surface area contributed by atoms with Crippen molar-refractivity contribution < 1.29 is 14.7 Å². The monoisotopic (exact) mass is 169 g/mol. The van der Waals surface area contributed by atoms with Crippen LogP contribution in [0.4, 0.5) is 0 Å². The van der Waals surface area contributed by atoms with Gasteiger partial charge in [0.1, 0.15) is 11.3 Å². The molecule has 1 fully saturated rings. The first-order valence-electron chi connectivity index (χ1n) is 3.78. The van der Waals surface area contributed by atoms with Crippen LogP contribution in [0.15, 0.2) is 11.3 Å². The fraction of sp³-hybridized carbons (Fsp3) is 0.500. The zero-order chi connectivity index (χ0) is 9.30. The summed E-state index contributed by atoms with van der Waals surface area (Å²) in [4.78, 5) is 23.6. The topological polar surface area (TPSA) is 57.6 Å². The number of carbonyl (C=O) groups is 2. The number of hydrogen-bond acceptors (Lipinski definition) is 3. The first-order chi connectivity index (χ1) is 5.57.